The van der Waals surface area contributed by atoms with Crippen LogP contribution in [0.3, 0.4) is 0 Å². The molecule has 7 heteroatoms. The number of nitrogens with one attached hydrogen (secondary N) is 1. The fourth-order valence-electron chi connectivity index (χ4n) is 4.70. The van der Waals surface area contributed by atoms with Crippen molar-refractivity contribution < 1.29 is 0 Å². The lowest BCUT2D eigenvalue weighted by molar-refractivity contribution is 0.565. The zero-order chi connectivity index (χ0) is 23.1. The summed E-state index contributed by atoms with van der Waals surface area (Å²) < 4.78 is 3.33. The van der Waals surface area contributed by atoms with Gasteiger partial charge in [0.2, 0.25) is 0 Å². The van der Waals surface area contributed by atoms with Crippen LogP contribution in [-0.2, 0) is 0 Å². The lowest BCUT2D eigenvalue weighted by atomic mass is 9.96. The monoisotopic (exact) mass is 517 g/mol. The number of aryl methyl sites for hydroxylation is 2. The normalized spacial score (nSPS) is 17.9. The van der Waals surface area contributed by atoms with Crippen LogP contribution in [-0.4, -0.2) is 19.6 Å². The predicted molar refractivity (Wildman–Crippen MR) is 140 cm³/mol. The molecule has 1 aliphatic rings. The van der Waals surface area contributed by atoms with E-state index < -0.39 is 0 Å². The second-order valence-electron chi connectivity index (χ2n) is 8.30. The molecule has 4 heterocycles. The van der Waals surface area contributed by atoms with Crippen molar-refractivity contribution in [2.45, 2.75) is 32.9 Å². The van der Waals surface area contributed by atoms with E-state index in [9.17, 15) is 0 Å². The van der Waals surface area contributed by atoms with Crippen LogP contribution < -0.4 is 10.2 Å². The van der Waals surface area contributed by atoms with E-state index in [1.54, 1.807) is 6.20 Å². The van der Waals surface area contributed by atoms with Crippen molar-refractivity contribution in [3.63, 3.8) is 0 Å². The van der Waals surface area contributed by atoms with Gasteiger partial charge < -0.3 is 14.8 Å². The highest BCUT2D eigenvalue weighted by Crippen LogP contribution is 2.44. The van der Waals surface area contributed by atoms with Gasteiger partial charge in [0.1, 0.15) is 0 Å². The predicted octanol–water partition coefficient (Wildman–Crippen LogP) is 6.13. The molecule has 0 aliphatic carbocycles. The number of pyridine rings is 2. The third-order valence-corrected chi connectivity index (χ3v) is 7.42. The molecular formula is C26H24BrN5S. The minimum atomic E-state index is -0.0782. The first-order chi connectivity index (χ1) is 16.0. The van der Waals surface area contributed by atoms with Crippen LogP contribution >= 0.6 is 28.1 Å². The van der Waals surface area contributed by atoms with Gasteiger partial charge in [0, 0.05) is 33.9 Å². The molecule has 0 spiro atoms. The molecule has 5 nitrogen and oxygen atoms in total. The van der Waals surface area contributed by atoms with E-state index in [0.29, 0.717) is 5.11 Å². The maximum Gasteiger partial charge on any atom is 0.174 e. The van der Waals surface area contributed by atoms with Gasteiger partial charge in [-0.05, 0) is 92.6 Å². The van der Waals surface area contributed by atoms with Gasteiger partial charge in [-0.25, -0.2) is 0 Å². The third-order valence-electron chi connectivity index (χ3n) is 6.21. The number of hydrogen-bond acceptors (Lipinski definition) is 3. The van der Waals surface area contributed by atoms with Gasteiger partial charge >= 0.3 is 0 Å². The molecule has 1 fully saturated rings. The molecule has 0 bridgehead atoms. The van der Waals surface area contributed by atoms with Crippen molar-refractivity contribution in [2.75, 3.05) is 4.90 Å². The summed E-state index contributed by atoms with van der Waals surface area (Å²) in [5.74, 6) is 0. The van der Waals surface area contributed by atoms with Gasteiger partial charge in [-0.2, -0.15) is 0 Å². The maximum atomic E-state index is 5.89. The van der Waals surface area contributed by atoms with Crippen molar-refractivity contribution in [2.24, 2.45) is 0 Å². The third kappa shape index (κ3) is 3.85. The fourth-order valence-corrected chi connectivity index (χ4v) is 5.29. The zero-order valence-corrected chi connectivity index (χ0v) is 21.1. The Labute approximate surface area is 207 Å². The van der Waals surface area contributed by atoms with Gasteiger partial charge in [0.15, 0.2) is 5.11 Å². The maximum absolute atomic E-state index is 5.89. The Balaban J connectivity index is 1.69. The van der Waals surface area contributed by atoms with Crippen molar-refractivity contribution >= 4 is 38.9 Å². The van der Waals surface area contributed by atoms with E-state index in [2.05, 4.69) is 97.9 Å². The number of benzene rings is 1. The van der Waals surface area contributed by atoms with Gasteiger partial charge in [0.25, 0.3) is 0 Å². The Morgan fingerprint density at radius 1 is 0.970 bits per heavy atom. The summed E-state index contributed by atoms with van der Waals surface area (Å²) >= 11 is 9.51. The zero-order valence-electron chi connectivity index (χ0n) is 18.7. The summed E-state index contributed by atoms with van der Waals surface area (Å²) in [7, 11) is 0. The molecule has 0 saturated carbocycles. The second-order valence-corrected chi connectivity index (χ2v) is 9.54. The summed E-state index contributed by atoms with van der Waals surface area (Å²) in [6.45, 7) is 6.39. The molecule has 1 aliphatic heterocycles. The van der Waals surface area contributed by atoms with Crippen molar-refractivity contribution in [1.82, 2.24) is 19.9 Å². The molecule has 0 unspecified atom stereocenters. The number of hydrogen-bond donors (Lipinski definition) is 1. The Bertz CT molecular complexity index is 1320. The Morgan fingerprint density at radius 3 is 2.52 bits per heavy atom. The molecule has 1 saturated heterocycles. The van der Waals surface area contributed by atoms with Gasteiger partial charge in [0.05, 0.1) is 29.7 Å². The lowest BCUT2D eigenvalue weighted by Gasteiger charge is -2.28. The molecule has 2 atom stereocenters. The van der Waals surface area contributed by atoms with Crippen LogP contribution in [0.4, 0.5) is 5.69 Å². The summed E-state index contributed by atoms with van der Waals surface area (Å²) in [4.78, 5) is 11.2. The quantitative estimate of drug-likeness (QED) is 0.329. The topological polar surface area (TPSA) is 46.0 Å². The average molecular weight is 518 g/mol. The number of nitrogens with zero attached hydrogens (tertiary/aromatic N) is 4. The highest BCUT2D eigenvalue weighted by atomic mass is 79.9. The first-order valence-electron chi connectivity index (χ1n) is 10.8. The lowest BCUT2D eigenvalue weighted by Crippen LogP contribution is -2.29. The molecule has 3 aromatic heterocycles. The van der Waals surface area contributed by atoms with Gasteiger partial charge in [-0.15, -0.1) is 0 Å². The highest BCUT2D eigenvalue weighted by Gasteiger charge is 2.42. The van der Waals surface area contributed by atoms with E-state index in [1.165, 1.54) is 5.56 Å². The van der Waals surface area contributed by atoms with Crippen molar-refractivity contribution in [3.05, 3.63) is 106 Å². The average Bonchev–Trinajstić information content (AvgIpc) is 3.32. The summed E-state index contributed by atoms with van der Waals surface area (Å²) in [5.41, 5.74) is 7.76. The first-order valence-corrected chi connectivity index (χ1v) is 12.0. The number of aromatic nitrogens is 3. The summed E-state index contributed by atoms with van der Waals surface area (Å²) in [6, 6.07) is 18.6. The van der Waals surface area contributed by atoms with Crippen molar-refractivity contribution in [1.29, 1.82) is 0 Å². The minimum absolute atomic E-state index is 0.0513. The van der Waals surface area contributed by atoms with Gasteiger partial charge in [-0.1, -0.05) is 22.0 Å². The van der Waals surface area contributed by atoms with Crippen LogP contribution in [0.15, 0.2) is 77.7 Å². The van der Waals surface area contributed by atoms with Gasteiger partial charge in [-0.3, -0.25) is 9.97 Å². The van der Waals surface area contributed by atoms with E-state index in [4.69, 9.17) is 12.2 Å². The van der Waals surface area contributed by atoms with Crippen LogP contribution in [0.25, 0.3) is 5.69 Å². The standard InChI is InChI=1S/C26H24BrN5S/c1-16-13-19(9-10-22(16)27)32-25(24(30-26(32)33)23-8-4-5-12-29-23)21-14-17(2)31(18(21)3)20-7-6-11-28-15-20/h4-15,24-25H,1-3H3,(H,30,33)/t24-,25+/m1/s1. The number of anilines is 1. The van der Waals surface area contributed by atoms with Crippen LogP contribution in [0, 0.1) is 20.8 Å². The summed E-state index contributed by atoms with van der Waals surface area (Å²) in [6.07, 6.45) is 5.53. The van der Waals surface area contributed by atoms with Crippen molar-refractivity contribution in [3.8, 4) is 5.69 Å². The molecular weight excluding hydrogens is 494 g/mol. The number of thiocarbonyl (C=S) groups is 1. The number of halogens is 1. The van der Waals surface area contributed by atoms with Crippen LogP contribution in [0.2, 0.25) is 0 Å². The molecule has 0 radical (unpaired) electrons. The molecule has 0 amide bonds. The smallest absolute Gasteiger partial charge is 0.174 e. The molecule has 5 rings (SSSR count). The fraction of sp³-hybridized carbons (Fsp3) is 0.192. The number of rotatable bonds is 4. The summed E-state index contributed by atoms with van der Waals surface area (Å²) in [5, 5.41) is 4.26. The van der Waals surface area contributed by atoms with E-state index in [0.717, 1.165) is 38.5 Å². The molecule has 1 N–H and O–H groups in total. The molecule has 33 heavy (non-hydrogen) atoms. The molecule has 4 aromatic rings. The van der Waals surface area contributed by atoms with Crippen LogP contribution in [0.1, 0.15) is 40.3 Å². The van der Waals surface area contributed by atoms with E-state index in [-0.39, 0.29) is 12.1 Å². The molecule has 1 aromatic carbocycles. The first kappa shape index (κ1) is 21.8. The highest BCUT2D eigenvalue weighted by molar-refractivity contribution is 9.10. The van der Waals surface area contributed by atoms with E-state index in [1.807, 2.05) is 30.6 Å². The Morgan fingerprint density at radius 2 is 1.82 bits per heavy atom. The molecule has 166 valence electrons. The van der Waals surface area contributed by atoms with Crippen LogP contribution in [0.5, 0.6) is 0 Å². The Kier molecular flexibility index (Phi) is 5.76. The second kappa shape index (κ2) is 8.72. The Hall–Kier alpha value is -3.03. The minimum Gasteiger partial charge on any atom is -0.351 e. The van der Waals surface area contributed by atoms with E-state index >= 15 is 0 Å². The SMILES string of the molecule is Cc1cc(N2C(=S)N[C@H](c3ccccn3)[C@@H]2c2cc(C)n(-c3cccnc3)c2C)ccc1Br. The largest absolute Gasteiger partial charge is 0.351 e.